The number of hydrogen-bond donors (Lipinski definition) is 2. The van der Waals surface area contributed by atoms with Crippen molar-refractivity contribution in [1.82, 2.24) is 4.98 Å². The minimum Gasteiger partial charge on any atom is -0.487 e. The predicted molar refractivity (Wildman–Crippen MR) is 119 cm³/mol. The number of nitrogens with one attached hydrogen (secondary N) is 1. The molecule has 0 saturated heterocycles. The first-order chi connectivity index (χ1) is 14.6. The van der Waals surface area contributed by atoms with Gasteiger partial charge in [0.1, 0.15) is 12.4 Å². The third-order valence-electron chi connectivity index (χ3n) is 3.93. The van der Waals surface area contributed by atoms with Gasteiger partial charge in [-0.1, -0.05) is 30.3 Å². The van der Waals surface area contributed by atoms with Crippen molar-refractivity contribution in [3.63, 3.8) is 0 Å². The summed E-state index contributed by atoms with van der Waals surface area (Å²) in [6.45, 7) is 0.394. The Hall–Kier alpha value is -3.58. The van der Waals surface area contributed by atoms with Crippen molar-refractivity contribution >= 4 is 35.3 Å². The Kier molecular flexibility index (Phi) is 7.63. The summed E-state index contributed by atoms with van der Waals surface area (Å²) in [5.41, 5.74) is 7.55. The number of aromatic nitrogens is 1. The second kappa shape index (κ2) is 10.8. The van der Waals surface area contributed by atoms with Crippen LogP contribution in [0, 0.1) is 0 Å². The highest BCUT2D eigenvalue weighted by Gasteiger charge is 2.06. The Balaban J connectivity index is 1.54. The smallest absolute Gasteiger partial charge is 0.248 e. The molecule has 0 bridgehead atoms. The lowest BCUT2D eigenvalue weighted by atomic mass is 10.2. The highest BCUT2D eigenvalue weighted by Crippen LogP contribution is 2.26. The van der Waals surface area contributed by atoms with Gasteiger partial charge in [0, 0.05) is 17.2 Å². The van der Waals surface area contributed by atoms with Crippen molar-refractivity contribution < 1.29 is 14.3 Å². The fourth-order valence-corrected chi connectivity index (χ4v) is 3.25. The number of pyridine rings is 1. The summed E-state index contributed by atoms with van der Waals surface area (Å²) in [5, 5.41) is 2.82. The van der Waals surface area contributed by atoms with Crippen LogP contribution in [-0.2, 0) is 16.2 Å². The molecule has 2 aromatic carbocycles. The van der Waals surface area contributed by atoms with Gasteiger partial charge in [0.05, 0.1) is 17.1 Å². The lowest BCUT2D eigenvalue weighted by molar-refractivity contribution is -0.115. The Morgan fingerprint density at radius 3 is 2.53 bits per heavy atom. The van der Waals surface area contributed by atoms with Crippen LogP contribution in [0.15, 0.2) is 83.9 Å². The lowest BCUT2D eigenvalue weighted by Crippen LogP contribution is -2.13. The molecule has 0 saturated carbocycles. The third-order valence-corrected chi connectivity index (χ3v) is 5.03. The van der Waals surface area contributed by atoms with Gasteiger partial charge < -0.3 is 15.8 Å². The molecule has 6 nitrogen and oxygen atoms in total. The summed E-state index contributed by atoms with van der Waals surface area (Å²) >= 11 is 1.28. The van der Waals surface area contributed by atoms with Crippen LogP contribution in [0.4, 0.5) is 5.69 Å². The van der Waals surface area contributed by atoms with Gasteiger partial charge in [-0.2, -0.15) is 0 Å². The highest BCUT2D eigenvalue weighted by molar-refractivity contribution is 8.00. The topological polar surface area (TPSA) is 94.3 Å². The van der Waals surface area contributed by atoms with Crippen molar-refractivity contribution in [2.75, 3.05) is 11.1 Å². The summed E-state index contributed by atoms with van der Waals surface area (Å²) in [6.07, 6.45) is 4.91. The second-order valence-electron chi connectivity index (χ2n) is 6.25. The highest BCUT2D eigenvalue weighted by atomic mass is 32.2. The second-order valence-corrected chi connectivity index (χ2v) is 7.27. The molecule has 1 aromatic heterocycles. The molecule has 30 heavy (non-hydrogen) atoms. The number of thioether (sulfide) groups is 1. The molecule has 3 N–H and O–H groups in total. The summed E-state index contributed by atoms with van der Waals surface area (Å²) in [5.74, 6) is 0.200. The van der Waals surface area contributed by atoms with E-state index in [0.29, 0.717) is 12.3 Å². The number of anilines is 1. The minimum atomic E-state index is -0.409. The molecule has 0 fully saturated rings. The molecule has 0 unspecified atom stereocenters. The molecule has 152 valence electrons. The van der Waals surface area contributed by atoms with Crippen molar-refractivity contribution in [3.8, 4) is 5.75 Å². The average molecular weight is 420 g/mol. The van der Waals surface area contributed by atoms with E-state index in [0.717, 1.165) is 21.9 Å². The van der Waals surface area contributed by atoms with Crippen LogP contribution in [0.2, 0.25) is 0 Å². The van der Waals surface area contributed by atoms with E-state index < -0.39 is 5.91 Å². The van der Waals surface area contributed by atoms with Gasteiger partial charge in [-0.25, -0.2) is 0 Å². The van der Waals surface area contributed by atoms with Gasteiger partial charge in [-0.05, 0) is 48.0 Å². The van der Waals surface area contributed by atoms with Gasteiger partial charge in [-0.15, -0.1) is 11.8 Å². The Morgan fingerprint density at radius 2 is 1.80 bits per heavy atom. The maximum atomic E-state index is 12.3. The summed E-state index contributed by atoms with van der Waals surface area (Å²) < 4.78 is 5.70. The van der Waals surface area contributed by atoms with Crippen LogP contribution in [0.1, 0.15) is 11.3 Å². The van der Waals surface area contributed by atoms with Crippen molar-refractivity contribution in [3.05, 3.63) is 90.3 Å². The van der Waals surface area contributed by atoms with Gasteiger partial charge in [0.15, 0.2) is 0 Å². The number of primary amides is 1. The number of nitrogens with two attached hydrogens (primary N) is 1. The molecule has 3 rings (SSSR count). The first kappa shape index (κ1) is 21.1. The first-order valence-corrected chi connectivity index (χ1v) is 10.2. The number of rotatable bonds is 9. The van der Waals surface area contributed by atoms with Gasteiger partial charge in [0.2, 0.25) is 11.8 Å². The molecule has 0 atom stereocenters. The number of benzene rings is 2. The number of para-hydroxylation sites is 1. The van der Waals surface area contributed by atoms with Crippen LogP contribution in [0.5, 0.6) is 5.75 Å². The van der Waals surface area contributed by atoms with Gasteiger partial charge in [0.25, 0.3) is 0 Å². The molecule has 7 heteroatoms. The Bertz CT molecular complexity index is 1020. The van der Waals surface area contributed by atoms with E-state index in [2.05, 4.69) is 10.3 Å². The largest absolute Gasteiger partial charge is 0.487 e. The Labute approximate surface area is 179 Å². The molecule has 0 spiro atoms. The zero-order valence-corrected chi connectivity index (χ0v) is 17.0. The van der Waals surface area contributed by atoms with Crippen LogP contribution in [-0.4, -0.2) is 22.6 Å². The average Bonchev–Trinajstić information content (AvgIpc) is 2.77. The van der Waals surface area contributed by atoms with Crippen LogP contribution in [0.25, 0.3) is 6.08 Å². The van der Waals surface area contributed by atoms with Crippen LogP contribution < -0.4 is 15.8 Å². The SMILES string of the molecule is NC(=O)CSc1ccccc1NC(=O)/C=C/c1ccc(OCc2ccccn2)cc1. The molecule has 0 aliphatic rings. The van der Waals surface area contributed by atoms with E-state index in [1.807, 2.05) is 60.7 Å². The number of carbonyl (C=O) groups is 2. The molecule has 1 heterocycles. The first-order valence-electron chi connectivity index (χ1n) is 9.22. The molecule has 0 radical (unpaired) electrons. The molecular weight excluding hydrogens is 398 g/mol. The molecular formula is C23H21N3O3S. The number of nitrogens with zero attached hydrogens (tertiary/aromatic N) is 1. The fraction of sp³-hybridized carbons (Fsp3) is 0.0870. The zero-order chi connectivity index (χ0) is 21.2. The maximum absolute atomic E-state index is 12.3. The maximum Gasteiger partial charge on any atom is 0.248 e. The van der Waals surface area contributed by atoms with Gasteiger partial charge in [-0.3, -0.25) is 14.6 Å². The van der Waals surface area contributed by atoms with E-state index in [1.54, 1.807) is 18.3 Å². The van der Waals surface area contributed by atoms with E-state index >= 15 is 0 Å². The molecule has 3 aromatic rings. The molecule has 0 aliphatic heterocycles. The van der Waals surface area contributed by atoms with Gasteiger partial charge >= 0.3 is 0 Å². The van der Waals surface area contributed by atoms with Crippen molar-refractivity contribution in [2.24, 2.45) is 5.73 Å². The molecule has 2 amide bonds. The van der Waals surface area contributed by atoms with Crippen LogP contribution in [0.3, 0.4) is 0 Å². The number of hydrogen-bond acceptors (Lipinski definition) is 5. The predicted octanol–water partition coefficient (Wildman–Crippen LogP) is 3.89. The standard InChI is InChI=1S/C23H21N3O3S/c24-22(27)16-30-21-7-2-1-6-20(21)26-23(28)13-10-17-8-11-19(12-9-17)29-15-18-5-3-4-14-25-18/h1-14H,15-16H2,(H2,24,27)(H,26,28)/b13-10+. The quantitative estimate of drug-likeness (QED) is 0.405. The zero-order valence-electron chi connectivity index (χ0n) is 16.2. The fourth-order valence-electron chi connectivity index (χ4n) is 2.51. The monoisotopic (exact) mass is 419 g/mol. The van der Waals surface area contributed by atoms with Crippen molar-refractivity contribution in [1.29, 1.82) is 0 Å². The summed E-state index contributed by atoms with van der Waals surface area (Å²) in [6, 6.07) is 20.4. The number of amides is 2. The summed E-state index contributed by atoms with van der Waals surface area (Å²) in [7, 11) is 0. The lowest BCUT2D eigenvalue weighted by Gasteiger charge is -2.08. The minimum absolute atomic E-state index is 0.150. The van der Waals surface area contributed by atoms with Crippen molar-refractivity contribution in [2.45, 2.75) is 11.5 Å². The summed E-state index contributed by atoms with van der Waals surface area (Å²) in [4.78, 5) is 28.3. The number of ether oxygens (including phenoxy) is 1. The van der Waals surface area contributed by atoms with Crippen LogP contribution >= 0.6 is 11.8 Å². The molecule has 0 aliphatic carbocycles. The van der Waals surface area contributed by atoms with E-state index in [4.69, 9.17) is 10.5 Å². The van der Waals surface area contributed by atoms with E-state index in [1.165, 1.54) is 17.8 Å². The Morgan fingerprint density at radius 1 is 1.03 bits per heavy atom. The third kappa shape index (κ3) is 6.79. The van der Waals surface area contributed by atoms with E-state index in [-0.39, 0.29) is 11.7 Å². The number of carbonyl (C=O) groups excluding carboxylic acids is 2. The normalized spacial score (nSPS) is 10.7. The van der Waals surface area contributed by atoms with E-state index in [9.17, 15) is 9.59 Å².